The molecule has 54 valence electrons. The van der Waals surface area contributed by atoms with Gasteiger partial charge in [-0.2, -0.15) is 0 Å². The fraction of sp³-hybridized carbons (Fsp3) is 0.857. The Balaban J connectivity index is 3.60. The second-order valence-corrected chi connectivity index (χ2v) is 3.77. The summed E-state index contributed by atoms with van der Waals surface area (Å²) in [5.41, 5.74) is 0.257. The van der Waals surface area contributed by atoms with Gasteiger partial charge in [0, 0.05) is 6.42 Å². The molecule has 0 saturated heterocycles. The summed E-state index contributed by atoms with van der Waals surface area (Å²) in [4.78, 5) is 0. The molecule has 2 heteroatoms. The van der Waals surface area contributed by atoms with Crippen molar-refractivity contribution in [3.63, 3.8) is 0 Å². The summed E-state index contributed by atoms with van der Waals surface area (Å²) in [5, 5.41) is 0.697. The maximum Gasteiger partial charge on any atom is 0.159 e. The number of hydrogen-bond donors (Lipinski definition) is 0. The zero-order chi connectivity index (χ0) is 7.49. The first-order valence-corrected chi connectivity index (χ1v) is 3.43. The van der Waals surface area contributed by atoms with Crippen molar-refractivity contribution in [2.45, 2.75) is 27.2 Å². The third-order valence-electron chi connectivity index (χ3n) is 0.902. The molecule has 0 aliphatic heterocycles. The standard InChI is InChI=1S/C7H14OS/c1-7(2,3)5-6(9)8-4/h5H2,1-4H3. The first-order chi connectivity index (χ1) is 3.95. The van der Waals surface area contributed by atoms with Crippen LogP contribution in [0, 0.1) is 5.41 Å². The maximum atomic E-state index is 4.88. The Hall–Kier alpha value is -0.110. The van der Waals surface area contributed by atoms with Crippen LogP contribution in [0.15, 0.2) is 0 Å². The highest BCUT2D eigenvalue weighted by Crippen LogP contribution is 2.19. The van der Waals surface area contributed by atoms with E-state index in [1.54, 1.807) is 7.11 Å². The molecule has 0 amide bonds. The lowest BCUT2D eigenvalue weighted by molar-refractivity contribution is 0.352. The Morgan fingerprint density at radius 1 is 1.44 bits per heavy atom. The summed E-state index contributed by atoms with van der Waals surface area (Å²) in [7, 11) is 1.62. The van der Waals surface area contributed by atoms with E-state index in [1.807, 2.05) is 0 Å². The van der Waals surface area contributed by atoms with Crippen molar-refractivity contribution in [2.24, 2.45) is 5.41 Å². The van der Waals surface area contributed by atoms with Crippen LogP contribution in [0.3, 0.4) is 0 Å². The van der Waals surface area contributed by atoms with Gasteiger partial charge in [-0.15, -0.1) is 0 Å². The van der Waals surface area contributed by atoms with Crippen LogP contribution < -0.4 is 0 Å². The van der Waals surface area contributed by atoms with Crippen molar-refractivity contribution in [1.29, 1.82) is 0 Å². The van der Waals surface area contributed by atoms with E-state index in [1.165, 1.54) is 0 Å². The van der Waals surface area contributed by atoms with Crippen LogP contribution in [0.2, 0.25) is 0 Å². The molecule has 1 nitrogen and oxygen atoms in total. The van der Waals surface area contributed by atoms with E-state index in [0.29, 0.717) is 5.05 Å². The van der Waals surface area contributed by atoms with E-state index in [0.717, 1.165) is 6.42 Å². The molecule has 0 atom stereocenters. The Morgan fingerprint density at radius 2 is 1.89 bits per heavy atom. The molecule has 0 fully saturated rings. The molecular formula is C7H14OS. The second kappa shape index (κ2) is 3.16. The summed E-state index contributed by atoms with van der Waals surface area (Å²) in [6.45, 7) is 6.41. The van der Waals surface area contributed by atoms with E-state index in [4.69, 9.17) is 17.0 Å². The molecule has 0 saturated carbocycles. The van der Waals surface area contributed by atoms with Gasteiger partial charge in [-0.1, -0.05) is 20.8 Å². The first kappa shape index (κ1) is 8.89. The SMILES string of the molecule is COC(=S)CC(C)(C)C. The molecule has 0 N–H and O–H groups in total. The lowest BCUT2D eigenvalue weighted by Crippen LogP contribution is -2.12. The Morgan fingerprint density at radius 3 is 2.00 bits per heavy atom. The smallest absolute Gasteiger partial charge is 0.159 e. The van der Waals surface area contributed by atoms with Crippen LogP contribution >= 0.6 is 12.2 Å². The highest BCUT2D eigenvalue weighted by atomic mass is 32.1. The molecule has 9 heavy (non-hydrogen) atoms. The lowest BCUT2D eigenvalue weighted by atomic mass is 9.93. The molecule has 0 spiro atoms. The van der Waals surface area contributed by atoms with Gasteiger partial charge in [0.1, 0.15) is 0 Å². The van der Waals surface area contributed by atoms with Gasteiger partial charge < -0.3 is 4.74 Å². The predicted molar refractivity (Wildman–Crippen MR) is 43.7 cm³/mol. The normalized spacial score (nSPS) is 11.1. The molecule has 0 unspecified atom stereocenters. The molecule has 0 radical (unpaired) electrons. The highest BCUT2D eigenvalue weighted by molar-refractivity contribution is 7.80. The minimum atomic E-state index is 0.257. The summed E-state index contributed by atoms with van der Waals surface area (Å²) in [6, 6.07) is 0. The minimum Gasteiger partial charge on any atom is -0.490 e. The zero-order valence-corrected chi connectivity index (χ0v) is 7.34. The fourth-order valence-corrected chi connectivity index (χ4v) is 0.938. The Labute approximate surface area is 62.4 Å². The molecule has 0 aromatic heterocycles. The van der Waals surface area contributed by atoms with Gasteiger partial charge in [0.05, 0.1) is 7.11 Å². The van der Waals surface area contributed by atoms with Crippen molar-refractivity contribution in [3.8, 4) is 0 Å². The van der Waals surface area contributed by atoms with Crippen LogP contribution in [0.1, 0.15) is 27.2 Å². The topological polar surface area (TPSA) is 9.23 Å². The molecule has 0 aliphatic rings. The number of thiocarbonyl (C=S) groups is 1. The zero-order valence-electron chi connectivity index (χ0n) is 6.52. The molecule has 0 heterocycles. The van der Waals surface area contributed by atoms with Crippen LogP contribution in [-0.2, 0) is 4.74 Å². The number of methoxy groups -OCH3 is 1. The minimum absolute atomic E-state index is 0.257. The van der Waals surface area contributed by atoms with Crippen molar-refractivity contribution in [2.75, 3.05) is 7.11 Å². The van der Waals surface area contributed by atoms with Gasteiger partial charge in [0.2, 0.25) is 0 Å². The summed E-state index contributed by atoms with van der Waals surface area (Å²) < 4.78 is 4.86. The number of hydrogen-bond acceptors (Lipinski definition) is 2. The Bertz CT molecular complexity index is 102. The molecule has 0 aromatic carbocycles. The average Bonchev–Trinajstić information content (AvgIpc) is 1.62. The third-order valence-corrected chi connectivity index (χ3v) is 1.21. The lowest BCUT2D eigenvalue weighted by Gasteiger charge is -2.16. The van der Waals surface area contributed by atoms with Gasteiger partial charge in [-0.3, -0.25) is 0 Å². The number of rotatable bonds is 1. The largest absolute Gasteiger partial charge is 0.490 e. The van der Waals surface area contributed by atoms with E-state index < -0.39 is 0 Å². The van der Waals surface area contributed by atoms with Crippen LogP contribution in [0.4, 0.5) is 0 Å². The van der Waals surface area contributed by atoms with Crippen LogP contribution in [-0.4, -0.2) is 12.2 Å². The molecule has 0 aliphatic carbocycles. The molecule has 0 rings (SSSR count). The predicted octanol–water partition coefficient (Wildman–Crippen LogP) is 2.40. The highest BCUT2D eigenvalue weighted by Gasteiger charge is 2.12. The van der Waals surface area contributed by atoms with E-state index >= 15 is 0 Å². The molecule has 0 bridgehead atoms. The van der Waals surface area contributed by atoms with E-state index in [9.17, 15) is 0 Å². The van der Waals surface area contributed by atoms with E-state index in [-0.39, 0.29) is 5.41 Å². The van der Waals surface area contributed by atoms with Crippen LogP contribution in [0.25, 0.3) is 0 Å². The van der Waals surface area contributed by atoms with Gasteiger partial charge in [0.25, 0.3) is 0 Å². The van der Waals surface area contributed by atoms with Gasteiger partial charge in [-0.25, -0.2) is 0 Å². The maximum absolute atomic E-state index is 4.88. The number of ether oxygens (including phenoxy) is 1. The van der Waals surface area contributed by atoms with Crippen molar-refractivity contribution in [3.05, 3.63) is 0 Å². The fourth-order valence-electron chi connectivity index (χ4n) is 0.505. The van der Waals surface area contributed by atoms with Gasteiger partial charge in [-0.05, 0) is 17.6 Å². The summed E-state index contributed by atoms with van der Waals surface area (Å²) >= 11 is 4.88. The quantitative estimate of drug-likeness (QED) is 0.525. The van der Waals surface area contributed by atoms with Gasteiger partial charge in [0.15, 0.2) is 5.05 Å². The summed E-state index contributed by atoms with van der Waals surface area (Å²) in [6.07, 6.45) is 0.860. The van der Waals surface area contributed by atoms with Crippen molar-refractivity contribution < 1.29 is 4.74 Å². The molecule has 0 aromatic rings. The first-order valence-electron chi connectivity index (χ1n) is 3.02. The monoisotopic (exact) mass is 146 g/mol. The summed E-state index contributed by atoms with van der Waals surface area (Å²) in [5.74, 6) is 0. The Kier molecular flexibility index (Phi) is 3.12. The molecular weight excluding hydrogens is 132 g/mol. The second-order valence-electron chi connectivity index (χ2n) is 3.31. The van der Waals surface area contributed by atoms with Crippen LogP contribution in [0.5, 0.6) is 0 Å². The van der Waals surface area contributed by atoms with Crippen molar-refractivity contribution in [1.82, 2.24) is 0 Å². The van der Waals surface area contributed by atoms with Crippen molar-refractivity contribution >= 4 is 17.3 Å². The van der Waals surface area contributed by atoms with Gasteiger partial charge >= 0.3 is 0 Å². The third kappa shape index (κ3) is 5.77. The average molecular weight is 146 g/mol. The van der Waals surface area contributed by atoms with E-state index in [2.05, 4.69) is 20.8 Å².